The van der Waals surface area contributed by atoms with Gasteiger partial charge in [0, 0.05) is 0 Å². The molecule has 22 heavy (non-hydrogen) atoms. The first kappa shape index (κ1) is 14.6. The van der Waals surface area contributed by atoms with Gasteiger partial charge in [0.1, 0.15) is 5.82 Å². The average Bonchev–Trinajstić information content (AvgIpc) is 3.23. The highest BCUT2D eigenvalue weighted by molar-refractivity contribution is 5.72. The number of esters is 1. The number of carbonyl (C=O) groups excluding carboxylic acids is 1. The molecule has 1 fully saturated rings. The van der Waals surface area contributed by atoms with E-state index in [1.807, 2.05) is 0 Å². The van der Waals surface area contributed by atoms with Gasteiger partial charge >= 0.3 is 5.97 Å². The molecule has 1 atom stereocenters. The molecule has 0 spiro atoms. The highest BCUT2D eigenvalue weighted by atomic mass is 19.1. The van der Waals surface area contributed by atoms with Crippen molar-refractivity contribution in [2.24, 2.45) is 5.92 Å². The summed E-state index contributed by atoms with van der Waals surface area (Å²) in [5.74, 6) is -0.433. The molecule has 1 unspecified atom stereocenters. The van der Waals surface area contributed by atoms with Crippen molar-refractivity contribution in [3.63, 3.8) is 0 Å². The van der Waals surface area contributed by atoms with E-state index in [1.165, 1.54) is 12.1 Å². The van der Waals surface area contributed by atoms with Crippen molar-refractivity contribution in [1.82, 2.24) is 20.2 Å². The zero-order chi connectivity index (χ0) is 15.5. The Morgan fingerprint density at radius 1 is 1.50 bits per heavy atom. The Morgan fingerprint density at radius 3 is 3.05 bits per heavy atom. The fourth-order valence-corrected chi connectivity index (χ4v) is 2.29. The van der Waals surface area contributed by atoms with Gasteiger partial charge in [0.25, 0.3) is 0 Å². The van der Waals surface area contributed by atoms with Crippen LogP contribution in [0.1, 0.15) is 37.2 Å². The second-order valence-electron chi connectivity index (χ2n) is 5.61. The number of tetrazole rings is 1. The smallest absolute Gasteiger partial charge is 0.309 e. The van der Waals surface area contributed by atoms with Crippen molar-refractivity contribution in [1.29, 1.82) is 0 Å². The minimum Gasteiger partial charge on any atom is -0.457 e. The summed E-state index contributed by atoms with van der Waals surface area (Å²) in [6.07, 6.45) is 2.55. The topological polar surface area (TPSA) is 69.9 Å². The molecule has 0 amide bonds. The molecule has 0 aliphatic heterocycles. The minimum atomic E-state index is -0.355. The second-order valence-corrected chi connectivity index (χ2v) is 5.61. The molecule has 0 N–H and O–H groups in total. The first-order valence-electron chi connectivity index (χ1n) is 7.31. The van der Waals surface area contributed by atoms with Crippen LogP contribution in [0.5, 0.6) is 0 Å². The summed E-state index contributed by atoms with van der Waals surface area (Å²) in [6.45, 7) is 1.83. The van der Waals surface area contributed by atoms with Crippen molar-refractivity contribution in [2.45, 2.75) is 38.8 Å². The lowest BCUT2D eigenvalue weighted by Gasteiger charge is -2.11. The maximum absolute atomic E-state index is 13.1. The number of hydrogen-bond donors (Lipinski definition) is 0. The molecular weight excluding hydrogens is 287 g/mol. The molecule has 1 saturated carbocycles. The highest BCUT2D eigenvalue weighted by Gasteiger charge is 2.28. The van der Waals surface area contributed by atoms with Gasteiger partial charge in [0.2, 0.25) is 0 Å². The molecule has 0 radical (unpaired) electrons. The van der Waals surface area contributed by atoms with Crippen LogP contribution in [0.3, 0.4) is 0 Å². The lowest BCUT2D eigenvalue weighted by atomic mass is 10.0. The number of hydrogen-bond acceptors (Lipinski definition) is 5. The predicted molar refractivity (Wildman–Crippen MR) is 75.2 cm³/mol. The standard InChI is InChI=1S/C15H17FN4O2/c1-10(7-11-3-2-4-12(16)8-11)15(21)22-9-14-17-18-19-20(14)13-5-6-13/h2-4,8,10,13H,5-7,9H2,1H3. The Morgan fingerprint density at radius 2 is 2.32 bits per heavy atom. The quantitative estimate of drug-likeness (QED) is 0.764. The Hall–Kier alpha value is -2.31. The number of ether oxygens (including phenoxy) is 1. The Labute approximate surface area is 127 Å². The van der Waals surface area contributed by atoms with E-state index in [9.17, 15) is 9.18 Å². The van der Waals surface area contributed by atoms with Gasteiger partial charge in [-0.2, -0.15) is 0 Å². The first-order valence-corrected chi connectivity index (χ1v) is 7.31. The third kappa shape index (κ3) is 3.47. The van der Waals surface area contributed by atoms with E-state index in [1.54, 1.807) is 23.7 Å². The van der Waals surface area contributed by atoms with Crippen molar-refractivity contribution in [3.05, 3.63) is 41.5 Å². The van der Waals surface area contributed by atoms with E-state index in [4.69, 9.17) is 4.74 Å². The second kappa shape index (κ2) is 6.21. The van der Waals surface area contributed by atoms with Gasteiger partial charge in [0.15, 0.2) is 12.4 Å². The molecule has 2 aromatic rings. The largest absolute Gasteiger partial charge is 0.457 e. The molecule has 0 bridgehead atoms. The number of rotatable bonds is 6. The van der Waals surface area contributed by atoms with Crippen LogP contribution in [-0.2, 0) is 22.6 Å². The van der Waals surface area contributed by atoms with Crippen LogP contribution in [-0.4, -0.2) is 26.2 Å². The van der Waals surface area contributed by atoms with Crippen LogP contribution in [0.25, 0.3) is 0 Å². The molecule has 7 heteroatoms. The maximum atomic E-state index is 13.1. The summed E-state index contributed by atoms with van der Waals surface area (Å²) in [4.78, 5) is 12.0. The van der Waals surface area contributed by atoms with Gasteiger partial charge in [-0.1, -0.05) is 19.1 Å². The van der Waals surface area contributed by atoms with Gasteiger partial charge in [-0.25, -0.2) is 9.07 Å². The first-order chi connectivity index (χ1) is 10.6. The number of halogens is 1. The summed E-state index contributed by atoms with van der Waals surface area (Å²) < 4.78 is 20.1. The zero-order valence-electron chi connectivity index (χ0n) is 12.3. The number of carbonyl (C=O) groups is 1. The molecule has 3 rings (SSSR count). The van der Waals surface area contributed by atoms with Crippen LogP contribution < -0.4 is 0 Å². The molecule has 1 aliphatic carbocycles. The summed E-state index contributed by atoms with van der Waals surface area (Å²) >= 11 is 0. The normalized spacial score (nSPS) is 15.5. The van der Waals surface area contributed by atoms with E-state index < -0.39 is 0 Å². The molecule has 1 aliphatic rings. The Bertz CT molecular complexity index is 669. The van der Waals surface area contributed by atoms with Gasteiger partial charge in [-0.05, 0) is 47.4 Å². The van der Waals surface area contributed by atoms with Gasteiger partial charge < -0.3 is 4.74 Å². The molecule has 0 saturated heterocycles. The molecular formula is C15H17FN4O2. The summed E-state index contributed by atoms with van der Waals surface area (Å²) in [5.41, 5.74) is 0.771. The summed E-state index contributed by atoms with van der Waals surface area (Å²) in [7, 11) is 0. The molecule has 116 valence electrons. The lowest BCUT2D eigenvalue weighted by Crippen LogP contribution is -2.18. The van der Waals surface area contributed by atoms with Crippen molar-refractivity contribution < 1.29 is 13.9 Å². The number of aromatic nitrogens is 4. The maximum Gasteiger partial charge on any atom is 0.309 e. The Kier molecular flexibility index (Phi) is 4.13. The van der Waals surface area contributed by atoms with Gasteiger partial charge in [-0.15, -0.1) is 5.10 Å². The van der Waals surface area contributed by atoms with Crippen LogP contribution in [0, 0.1) is 11.7 Å². The third-order valence-electron chi connectivity index (χ3n) is 3.63. The zero-order valence-corrected chi connectivity index (χ0v) is 12.3. The van der Waals surface area contributed by atoms with E-state index in [0.717, 1.165) is 18.4 Å². The van der Waals surface area contributed by atoms with E-state index in [0.29, 0.717) is 18.3 Å². The highest BCUT2D eigenvalue weighted by Crippen LogP contribution is 2.34. The summed E-state index contributed by atoms with van der Waals surface area (Å²) in [6, 6.07) is 6.57. The average molecular weight is 304 g/mol. The van der Waals surface area contributed by atoms with Crippen molar-refractivity contribution in [2.75, 3.05) is 0 Å². The fraction of sp³-hybridized carbons (Fsp3) is 0.467. The number of nitrogens with zero attached hydrogens (tertiary/aromatic N) is 4. The van der Waals surface area contributed by atoms with Crippen LogP contribution in [0.4, 0.5) is 4.39 Å². The molecule has 1 aromatic carbocycles. The fourth-order valence-electron chi connectivity index (χ4n) is 2.29. The SMILES string of the molecule is CC(Cc1cccc(F)c1)C(=O)OCc1nnnn1C1CC1. The Balaban J connectivity index is 1.53. The molecule has 6 nitrogen and oxygen atoms in total. The summed E-state index contributed by atoms with van der Waals surface area (Å²) in [5, 5.41) is 11.4. The molecule has 1 heterocycles. The predicted octanol–water partition coefficient (Wildman–Crippen LogP) is 2.07. The lowest BCUT2D eigenvalue weighted by molar-refractivity contribution is -0.149. The van der Waals surface area contributed by atoms with E-state index in [-0.39, 0.29) is 24.3 Å². The van der Waals surface area contributed by atoms with Crippen molar-refractivity contribution >= 4 is 5.97 Å². The van der Waals surface area contributed by atoms with Crippen LogP contribution in [0.2, 0.25) is 0 Å². The van der Waals surface area contributed by atoms with Gasteiger partial charge in [-0.3, -0.25) is 4.79 Å². The van der Waals surface area contributed by atoms with Crippen LogP contribution >= 0.6 is 0 Å². The minimum absolute atomic E-state index is 0.0653. The van der Waals surface area contributed by atoms with Crippen LogP contribution in [0.15, 0.2) is 24.3 Å². The van der Waals surface area contributed by atoms with Crippen molar-refractivity contribution in [3.8, 4) is 0 Å². The molecule has 1 aromatic heterocycles. The van der Waals surface area contributed by atoms with E-state index >= 15 is 0 Å². The monoisotopic (exact) mass is 304 g/mol. The number of benzene rings is 1. The third-order valence-corrected chi connectivity index (χ3v) is 3.63. The van der Waals surface area contributed by atoms with E-state index in [2.05, 4.69) is 15.5 Å². The van der Waals surface area contributed by atoms with Gasteiger partial charge in [0.05, 0.1) is 12.0 Å².